The van der Waals surface area contributed by atoms with Gasteiger partial charge in [0, 0.05) is 44.4 Å². The van der Waals surface area contributed by atoms with Crippen LogP contribution in [0.25, 0.3) is 71.7 Å². The van der Waals surface area contributed by atoms with E-state index in [4.69, 9.17) is 4.74 Å². The van der Waals surface area contributed by atoms with Crippen molar-refractivity contribution >= 4 is 49.2 Å². The standard InChI is InChI=1S/C48H32N2O/c1-3-11-31(12-4-1)34-22-26-40-42-29-46-41(30-48(42)51-47(40)28-34)38-16-8-10-18-44(38)50(46)36-23-19-32(20-24-36)33-21-25-39-37-15-7-9-17-43(37)49(45(39)27-33)35-13-5-2-6-14-35/h1-30,40,47H. The van der Waals surface area contributed by atoms with Gasteiger partial charge in [0.1, 0.15) is 11.9 Å². The fraction of sp³-hybridized carbons (Fsp3) is 0.0417. The van der Waals surface area contributed by atoms with Gasteiger partial charge in [0.15, 0.2) is 0 Å². The molecule has 240 valence electrons. The van der Waals surface area contributed by atoms with Gasteiger partial charge in [-0.05, 0) is 82.9 Å². The number of hydrogen-bond acceptors (Lipinski definition) is 1. The maximum absolute atomic E-state index is 6.65. The van der Waals surface area contributed by atoms with E-state index >= 15 is 0 Å². The molecule has 0 bridgehead atoms. The van der Waals surface area contributed by atoms with Gasteiger partial charge < -0.3 is 13.9 Å². The summed E-state index contributed by atoms with van der Waals surface area (Å²) in [6, 6.07) is 59.2. The summed E-state index contributed by atoms with van der Waals surface area (Å²) in [6.07, 6.45) is 6.85. The zero-order chi connectivity index (χ0) is 33.5. The molecule has 0 fully saturated rings. The molecule has 3 heterocycles. The van der Waals surface area contributed by atoms with Crippen molar-refractivity contribution in [2.75, 3.05) is 0 Å². The minimum atomic E-state index is -0.0105. The second kappa shape index (κ2) is 11.0. The lowest BCUT2D eigenvalue weighted by Gasteiger charge is -2.18. The summed E-state index contributed by atoms with van der Waals surface area (Å²) in [5, 5.41) is 4.97. The van der Waals surface area contributed by atoms with Gasteiger partial charge in [-0.25, -0.2) is 0 Å². The molecule has 0 saturated carbocycles. The summed E-state index contributed by atoms with van der Waals surface area (Å²) in [7, 11) is 0. The number of benzene rings is 7. The first-order valence-corrected chi connectivity index (χ1v) is 17.7. The first-order valence-electron chi connectivity index (χ1n) is 17.7. The van der Waals surface area contributed by atoms with Gasteiger partial charge in [0.25, 0.3) is 0 Å². The molecule has 2 aliphatic rings. The Kier molecular flexibility index (Phi) is 6.08. The van der Waals surface area contributed by atoms with Gasteiger partial charge in [-0.2, -0.15) is 0 Å². The average molecular weight is 653 g/mol. The van der Waals surface area contributed by atoms with E-state index in [1.807, 2.05) is 0 Å². The molecule has 0 amide bonds. The smallest absolute Gasteiger partial charge is 0.128 e. The van der Waals surface area contributed by atoms with Crippen molar-refractivity contribution in [1.29, 1.82) is 0 Å². The van der Waals surface area contributed by atoms with E-state index in [0.717, 1.165) is 11.4 Å². The third kappa shape index (κ3) is 4.31. The maximum Gasteiger partial charge on any atom is 0.128 e. The van der Waals surface area contributed by atoms with Crippen molar-refractivity contribution in [3.8, 4) is 28.3 Å². The van der Waals surface area contributed by atoms with E-state index in [0.29, 0.717) is 0 Å². The summed E-state index contributed by atoms with van der Waals surface area (Å²) < 4.78 is 11.4. The van der Waals surface area contributed by atoms with Crippen molar-refractivity contribution in [2.24, 2.45) is 0 Å². The molecule has 3 nitrogen and oxygen atoms in total. The zero-order valence-corrected chi connectivity index (χ0v) is 27.8. The highest BCUT2D eigenvalue weighted by molar-refractivity contribution is 6.11. The van der Waals surface area contributed by atoms with Crippen LogP contribution < -0.4 is 4.74 Å². The predicted octanol–water partition coefficient (Wildman–Crippen LogP) is 12.0. The summed E-state index contributed by atoms with van der Waals surface area (Å²) in [6.45, 7) is 0. The lowest BCUT2D eigenvalue weighted by Crippen LogP contribution is -2.17. The zero-order valence-electron chi connectivity index (χ0n) is 27.8. The van der Waals surface area contributed by atoms with Crippen molar-refractivity contribution in [3.05, 3.63) is 193 Å². The third-order valence-electron chi connectivity index (χ3n) is 10.9. The predicted molar refractivity (Wildman–Crippen MR) is 211 cm³/mol. The second-order valence-corrected chi connectivity index (χ2v) is 13.7. The first kappa shape index (κ1) is 28.3. The molecule has 0 radical (unpaired) electrons. The van der Waals surface area contributed by atoms with Crippen LogP contribution in [0.15, 0.2) is 182 Å². The molecule has 0 spiro atoms. The number of rotatable bonds is 4. The van der Waals surface area contributed by atoms with E-state index in [9.17, 15) is 0 Å². The van der Waals surface area contributed by atoms with Crippen LogP contribution in [-0.4, -0.2) is 15.2 Å². The molecular formula is C48H32N2O. The highest BCUT2D eigenvalue weighted by Gasteiger charge is 2.34. The third-order valence-corrected chi connectivity index (χ3v) is 10.9. The molecule has 0 saturated heterocycles. The Morgan fingerprint density at radius 1 is 0.431 bits per heavy atom. The van der Waals surface area contributed by atoms with Crippen LogP contribution >= 0.6 is 0 Å². The van der Waals surface area contributed by atoms with E-state index in [1.165, 1.54) is 77.1 Å². The molecule has 9 aromatic rings. The number of aromatic nitrogens is 2. The van der Waals surface area contributed by atoms with Crippen molar-refractivity contribution < 1.29 is 4.74 Å². The maximum atomic E-state index is 6.65. The van der Waals surface area contributed by atoms with Gasteiger partial charge in [0.05, 0.1) is 22.1 Å². The Balaban J connectivity index is 1.01. The highest BCUT2D eigenvalue weighted by Crippen LogP contribution is 2.47. The summed E-state index contributed by atoms with van der Waals surface area (Å²) in [5.74, 6) is 1.17. The lowest BCUT2D eigenvalue weighted by atomic mass is 9.87. The molecule has 1 aliphatic carbocycles. The Morgan fingerprint density at radius 3 is 1.76 bits per heavy atom. The van der Waals surface area contributed by atoms with Crippen LogP contribution in [0.3, 0.4) is 0 Å². The Bertz CT molecular complexity index is 2870. The molecule has 3 heteroatoms. The summed E-state index contributed by atoms with van der Waals surface area (Å²) >= 11 is 0. The molecule has 51 heavy (non-hydrogen) atoms. The normalized spacial score (nSPS) is 16.4. The van der Waals surface area contributed by atoms with E-state index in [2.05, 4.69) is 191 Å². The van der Waals surface area contributed by atoms with Crippen LogP contribution in [0.1, 0.15) is 17.0 Å². The molecule has 2 aromatic heterocycles. The molecule has 11 rings (SSSR count). The Labute approximate surface area is 295 Å². The van der Waals surface area contributed by atoms with Crippen LogP contribution in [0.5, 0.6) is 5.75 Å². The number of hydrogen-bond donors (Lipinski definition) is 0. The SMILES string of the molecule is C1=CC2c3cc4c(cc3OC2C=C1c1ccccc1)c1ccccc1n4-c1ccc(-c2ccc3c4ccccc4n(-c4ccccc4)c3c2)cc1. The fourth-order valence-electron chi connectivity index (χ4n) is 8.47. The van der Waals surface area contributed by atoms with Gasteiger partial charge in [-0.1, -0.05) is 121 Å². The second-order valence-electron chi connectivity index (χ2n) is 13.7. The van der Waals surface area contributed by atoms with Crippen LogP contribution in [0, 0.1) is 0 Å². The Morgan fingerprint density at radius 2 is 1.02 bits per heavy atom. The minimum Gasteiger partial charge on any atom is -0.485 e. The Hall–Kier alpha value is -6.58. The molecule has 2 atom stereocenters. The van der Waals surface area contributed by atoms with Crippen LogP contribution in [0.4, 0.5) is 0 Å². The van der Waals surface area contributed by atoms with E-state index in [-0.39, 0.29) is 12.0 Å². The van der Waals surface area contributed by atoms with Crippen LogP contribution in [-0.2, 0) is 0 Å². The van der Waals surface area contributed by atoms with Gasteiger partial charge in [-0.3, -0.25) is 0 Å². The quantitative estimate of drug-likeness (QED) is 0.185. The number of nitrogens with zero attached hydrogens (tertiary/aromatic N) is 2. The topological polar surface area (TPSA) is 19.1 Å². The van der Waals surface area contributed by atoms with Crippen LogP contribution in [0.2, 0.25) is 0 Å². The van der Waals surface area contributed by atoms with Crippen molar-refractivity contribution in [3.63, 3.8) is 0 Å². The molecule has 0 N–H and O–H groups in total. The summed E-state index contributed by atoms with van der Waals surface area (Å²) in [4.78, 5) is 0. The number of ether oxygens (including phenoxy) is 1. The average Bonchev–Trinajstić information content (AvgIpc) is 3.84. The molecule has 1 aliphatic heterocycles. The van der Waals surface area contributed by atoms with Gasteiger partial charge >= 0.3 is 0 Å². The number of fused-ring (bicyclic) bond motifs is 9. The fourth-order valence-corrected chi connectivity index (χ4v) is 8.47. The van der Waals surface area contributed by atoms with Gasteiger partial charge in [-0.15, -0.1) is 0 Å². The molecule has 2 unspecified atom stereocenters. The van der Waals surface area contributed by atoms with E-state index < -0.39 is 0 Å². The largest absolute Gasteiger partial charge is 0.485 e. The first-order chi connectivity index (χ1) is 25.3. The lowest BCUT2D eigenvalue weighted by molar-refractivity contribution is 0.270. The molecule has 7 aromatic carbocycles. The van der Waals surface area contributed by atoms with Gasteiger partial charge in [0.2, 0.25) is 0 Å². The number of para-hydroxylation sites is 3. The number of allylic oxidation sites excluding steroid dienone is 2. The van der Waals surface area contributed by atoms with E-state index in [1.54, 1.807) is 0 Å². The summed E-state index contributed by atoms with van der Waals surface area (Å²) in [5.41, 5.74) is 13.2. The monoisotopic (exact) mass is 652 g/mol. The van der Waals surface area contributed by atoms with Crippen molar-refractivity contribution in [2.45, 2.75) is 12.0 Å². The molecular weight excluding hydrogens is 621 g/mol. The highest BCUT2D eigenvalue weighted by atomic mass is 16.5. The van der Waals surface area contributed by atoms with Crippen molar-refractivity contribution in [1.82, 2.24) is 9.13 Å². The minimum absolute atomic E-state index is 0.0105.